The van der Waals surface area contributed by atoms with Gasteiger partial charge in [0.05, 0.1) is 0 Å². The first-order valence-corrected chi connectivity index (χ1v) is 7.12. The second-order valence-corrected chi connectivity index (χ2v) is 5.83. The number of hydrogen-bond donors (Lipinski definition) is 1. The molecule has 106 valence electrons. The Morgan fingerprint density at radius 1 is 1.30 bits per heavy atom. The number of ether oxygens (including phenoxy) is 1. The van der Waals surface area contributed by atoms with Crippen molar-refractivity contribution in [1.82, 2.24) is 10.2 Å². The summed E-state index contributed by atoms with van der Waals surface area (Å²) in [7, 11) is 0. The predicted octanol–water partition coefficient (Wildman–Crippen LogP) is 2.87. The third kappa shape index (κ3) is 3.54. The maximum absolute atomic E-state index is 12.0. The smallest absolute Gasteiger partial charge is 0.266 e. The van der Waals surface area contributed by atoms with Gasteiger partial charge in [0.15, 0.2) is 6.10 Å². The van der Waals surface area contributed by atoms with E-state index in [2.05, 4.69) is 15.5 Å². The lowest BCUT2D eigenvalue weighted by molar-refractivity contribution is -0.122. The molecular weight excluding hydrogens is 274 g/mol. The van der Waals surface area contributed by atoms with E-state index in [0.717, 1.165) is 16.1 Å². The Balaban J connectivity index is 2.00. The largest absolute Gasteiger partial charge is 0.481 e. The number of rotatable bonds is 4. The number of nitrogens with one attached hydrogen (secondary N) is 1. The molecule has 0 aliphatic rings. The zero-order valence-corrected chi connectivity index (χ0v) is 12.7. The predicted molar refractivity (Wildman–Crippen MR) is 79.3 cm³/mol. The van der Waals surface area contributed by atoms with E-state index in [-0.39, 0.29) is 5.91 Å². The van der Waals surface area contributed by atoms with Crippen LogP contribution in [0.3, 0.4) is 0 Å². The van der Waals surface area contributed by atoms with E-state index in [1.807, 2.05) is 39.0 Å². The summed E-state index contributed by atoms with van der Waals surface area (Å²) in [5, 5.41) is 11.7. The molecule has 0 radical (unpaired) electrons. The van der Waals surface area contributed by atoms with Crippen LogP contribution < -0.4 is 10.1 Å². The number of benzene rings is 1. The fraction of sp³-hybridized carbons (Fsp3) is 0.357. The van der Waals surface area contributed by atoms with Gasteiger partial charge in [-0.15, -0.1) is 10.2 Å². The highest BCUT2D eigenvalue weighted by Gasteiger charge is 2.17. The summed E-state index contributed by atoms with van der Waals surface area (Å²) in [6.07, 6.45) is -0.597. The summed E-state index contributed by atoms with van der Waals surface area (Å²) < 4.78 is 5.69. The molecule has 0 spiro atoms. The van der Waals surface area contributed by atoms with E-state index in [1.165, 1.54) is 11.3 Å². The molecule has 1 atom stereocenters. The Morgan fingerprint density at radius 3 is 2.65 bits per heavy atom. The van der Waals surface area contributed by atoms with Gasteiger partial charge >= 0.3 is 0 Å². The summed E-state index contributed by atoms with van der Waals surface area (Å²) in [6, 6.07) is 5.86. The molecule has 1 N–H and O–H groups in total. The quantitative estimate of drug-likeness (QED) is 0.940. The first-order chi connectivity index (χ1) is 9.45. The molecule has 2 rings (SSSR count). The molecule has 0 aliphatic carbocycles. The van der Waals surface area contributed by atoms with Gasteiger partial charge in [-0.05, 0) is 39.3 Å². The minimum absolute atomic E-state index is 0.235. The van der Waals surface area contributed by atoms with Gasteiger partial charge in [-0.2, -0.15) is 0 Å². The molecule has 20 heavy (non-hydrogen) atoms. The highest BCUT2D eigenvalue weighted by Crippen LogP contribution is 2.21. The maximum atomic E-state index is 12.0. The zero-order chi connectivity index (χ0) is 14.7. The van der Waals surface area contributed by atoms with Crippen molar-refractivity contribution in [3.63, 3.8) is 0 Å². The lowest BCUT2D eigenvalue weighted by Gasteiger charge is -2.15. The minimum Gasteiger partial charge on any atom is -0.481 e. The Labute approximate surface area is 122 Å². The molecule has 2 aromatic rings. The molecule has 1 aromatic heterocycles. The van der Waals surface area contributed by atoms with E-state index in [0.29, 0.717) is 10.9 Å². The number of aryl methyl sites for hydroxylation is 3. The normalized spacial score (nSPS) is 12.0. The van der Waals surface area contributed by atoms with Crippen molar-refractivity contribution in [2.45, 2.75) is 33.8 Å². The van der Waals surface area contributed by atoms with Gasteiger partial charge < -0.3 is 4.74 Å². The number of nitrogens with zero attached hydrogens (tertiary/aromatic N) is 2. The van der Waals surface area contributed by atoms with Gasteiger partial charge in [-0.25, -0.2) is 0 Å². The van der Waals surface area contributed by atoms with Gasteiger partial charge in [-0.3, -0.25) is 10.1 Å². The fourth-order valence-corrected chi connectivity index (χ4v) is 2.32. The molecule has 6 heteroatoms. The van der Waals surface area contributed by atoms with E-state index in [4.69, 9.17) is 4.74 Å². The third-order valence-electron chi connectivity index (χ3n) is 2.76. The van der Waals surface area contributed by atoms with Crippen LogP contribution in [0.5, 0.6) is 5.75 Å². The van der Waals surface area contributed by atoms with Gasteiger partial charge in [0, 0.05) is 0 Å². The van der Waals surface area contributed by atoms with Crippen LogP contribution in [0.4, 0.5) is 5.13 Å². The molecular formula is C14H17N3O2S. The molecule has 1 unspecified atom stereocenters. The maximum Gasteiger partial charge on any atom is 0.266 e. The van der Waals surface area contributed by atoms with Crippen molar-refractivity contribution in [3.8, 4) is 5.75 Å². The van der Waals surface area contributed by atoms with Crippen LogP contribution in [-0.2, 0) is 4.79 Å². The van der Waals surface area contributed by atoms with Crippen LogP contribution in [0, 0.1) is 20.8 Å². The van der Waals surface area contributed by atoms with Crippen molar-refractivity contribution >= 4 is 22.4 Å². The number of aromatic nitrogens is 2. The number of anilines is 1. The molecule has 1 amide bonds. The van der Waals surface area contributed by atoms with E-state index < -0.39 is 6.10 Å². The average molecular weight is 291 g/mol. The molecule has 0 aliphatic heterocycles. The topological polar surface area (TPSA) is 64.1 Å². The van der Waals surface area contributed by atoms with Gasteiger partial charge in [0.1, 0.15) is 10.8 Å². The summed E-state index contributed by atoms with van der Waals surface area (Å²) >= 11 is 1.34. The molecule has 0 saturated carbocycles. The number of carbonyl (C=O) groups is 1. The lowest BCUT2D eigenvalue weighted by Crippen LogP contribution is -2.30. The third-order valence-corrected chi connectivity index (χ3v) is 3.51. The Hall–Kier alpha value is -1.95. The van der Waals surface area contributed by atoms with Gasteiger partial charge in [0.2, 0.25) is 5.13 Å². The monoisotopic (exact) mass is 291 g/mol. The Bertz CT molecular complexity index is 625. The second kappa shape index (κ2) is 6.00. The highest BCUT2D eigenvalue weighted by molar-refractivity contribution is 7.15. The SMILES string of the molecule is Cc1ccc(OC(C)C(=O)Nc2nnc(C)s2)c(C)c1. The Morgan fingerprint density at radius 2 is 2.05 bits per heavy atom. The number of hydrogen-bond acceptors (Lipinski definition) is 5. The molecule has 1 aromatic carbocycles. The molecule has 5 nitrogen and oxygen atoms in total. The van der Waals surface area contributed by atoms with Crippen molar-refractivity contribution in [2.24, 2.45) is 0 Å². The Kier molecular flexibility index (Phi) is 4.34. The van der Waals surface area contributed by atoms with Crippen LogP contribution in [-0.4, -0.2) is 22.2 Å². The van der Waals surface area contributed by atoms with Crippen molar-refractivity contribution in [3.05, 3.63) is 34.3 Å². The van der Waals surface area contributed by atoms with Crippen LogP contribution in [0.15, 0.2) is 18.2 Å². The summed E-state index contributed by atoms with van der Waals surface area (Å²) in [5.41, 5.74) is 2.17. The first-order valence-electron chi connectivity index (χ1n) is 6.30. The first kappa shape index (κ1) is 14.5. The summed E-state index contributed by atoms with van der Waals surface area (Å²) in [6.45, 7) is 7.53. The minimum atomic E-state index is -0.597. The molecule has 0 fully saturated rings. The highest BCUT2D eigenvalue weighted by atomic mass is 32.1. The fourth-order valence-electron chi connectivity index (χ4n) is 1.73. The summed E-state index contributed by atoms with van der Waals surface area (Å²) in [4.78, 5) is 12.0. The van der Waals surface area contributed by atoms with Gasteiger partial charge in [-0.1, -0.05) is 29.0 Å². The standard InChI is InChI=1S/C14H17N3O2S/c1-8-5-6-12(9(2)7-8)19-10(3)13(18)15-14-17-16-11(4)20-14/h5-7,10H,1-4H3,(H,15,17,18). The van der Waals surface area contributed by atoms with E-state index in [1.54, 1.807) is 6.92 Å². The molecule has 0 bridgehead atoms. The van der Waals surface area contributed by atoms with E-state index >= 15 is 0 Å². The van der Waals surface area contributed by atoms with Crippen molar-refractivity contribution < 1.29 is 9.53 Å². The molecule has 0 saturated heterocycles. The zero-order valence-electron chi connectivity index (χ0n) is 11.9. The van der Waals surface area contributed by atoms with Crippen molar-refractivity contribution in [2.75, 3.05) is 5.32 Å². The number of carbonyl (C=O) groups excluding carboxylic acids is 1. The van der Waals surface area contributed by atoms with Crippen LogP contribution in [0.2, 0.25) is 0 Å². The molecule has 1 heterocycles. The second-order valence-electron chi connectivity index (χ2n) is 4.64. The summed E-state index contributed by atoms with van der Waals surface area (Å²) in [5.74, 6) is 0.479. The van der Waals surface area contributed by atoms with Gasteiger partial charge in [0.25, 0.3) is 5.91 Å². The van der Waals surface area contributed by atoms with Crippen molar-refractivity contribution in [1.29, 1.82) is 0 Å². The lowest BCUT2D eigenvalue weighted by atomic mass is 10.1. The van der Waals surface area contributed by atoms with Crippen LogP contribution in [0.25, 0.3) is 0 Å². The van der Waals surface area contributed by atoms with E-state index in [9.17, 15) is 4.79 Å². The average Bonchev–Trinajstić information content (AvgIpc) is 2.78. The van der Waals surface area contributed by atoms with Crippen LogP contribution in [0.1, 0.15) is 23.1 Å². The number of amides is 1. The van der Waals surface area contributed by atoms with Crippen LogP contribution >= 0.6 is 11.3 Å².